The van der Waals surface area contributed by atoms with E-state index >= 15 is 0 Å². The molecule has 0 unspecified atom stereocenters. The Morgan fingerprint density at radius 1 is 0.306 bits per heavy atom. The van der Waals surface area contributed by atoms with Gasteiger partial charge in [0.05, 0.1) is 22.7 Å². The van der Waals surface area contributed by atoms with Gasteiger partial charge in [-0.05, 0) is 128 Å². The summed E-state index contributed by atoms with van der Waals surface area (Å²) in [6.45, 7) is 9.69. The number of fused-ring (bicyclic) bond motifs is 13. The van der Waals surface area contributed by atoms with E-state index in [2.05, 4.69) is 244 Å². The maximum absolute atomic E-state index is 6.78. The number of hydrogen-bond donors (Lipinski definition) is 0. The Kier molecular flexibility index (Phi) is 8.44. The Morgan fingerprint density at radius 2 is 0.778 bits per heavy atom. The number of rotatable bonds is 6. The van der Waals surface area contributed by atoms with Crippen LogP contribution in [0.25, 0.3) is 87.7 Å². The van der Waals surface area contributed by atoms with Crippen LogP contribution in [0.5, 0.6) is 0 Å². The molecule has 72 heavy (non-hydrogen) atoms. The highest BCUT2D eigenvalue weighted by Crippen LogP contribution is 2.60. The summed E-state index contributed by atoms with van der Waals surface area (Å²) in [6, 6.07) is 79.6. The fourth-order valence-electron chi connectivity index (χ4n) is 12.8. The lowest BCUT2D eigenvalue weighted by Gasteiger charge is -2.37. The number of furan rings is 2. The minimum absolute atomic E-state index is 0.316. The number of para-hydroxylation sites is 6. The van der Waals surface area contributed by atoms with Crippen molar-refractivity contribution in [3.8, 4) is 22.3 Å². The first kappa shape index (κ1) is 41.0. The Bertz CT molecular complexity index is 4400. The van der Waals surface area contributed by atoms with Crippen LogP contribution in [0.4, 0.5) is 34.1 Å². The van der Waals surface area contributed by atoms with Crippen LogP contribution >= 0.6 is 0 Å². The van der Waals surface area contributed by atoms with Crippen LogP contribution in [0.3, 0.4) is 0 Å². The Balaban J connectivity index is 0.942. The van der Waals surface area contributed by atoms with Gasteiger partial charge in [-0.25, -0.2) is 0 Å². The smallest absolute Gasteiger partial charge is 0.159 e. The van der Waals surface area contributed by atoms with E-state index in [0.717, 1.165) is 78.0 Å². The third kappa shape index (κ3) is 5.58. The van der Waals surface area contributed by atoms with Crippen molar-refractivity contribution in [1.29, 1.82) is 0 Å². The Morgan fingerprint density at radius 3 is 1.40 bits per heavy atom. The molecule has 342 valence electrons. The Labute approximate surface area is 417 Å². The van der Waals surface area contributed by atoms with E-state index in [-0.39, 0.29) is 10.8 Å². The molecule has 0 bridgehead atoms. The van der Waals surface area contributed by atoms with Crippen LogP contribution in [0.1, 0.15) is 49.9 Å². The van der Waals surface area contributed by atoms with E-state index in [4.69, 9.17) is 8.83 Å². The summed E-state index contributed by atoms with van der Waals surface area (Å²) in [7, 11) is 0. The molecule has 0 fully saturated rings. The molecule has 0 atom stereocenters. The van der Waals surface area contributed by atoms with Crippen LogP contribution in [0.15, 0.2) is 227 Å². The predicted octanol–water partition coefficient (Wildman–Crippen LogP) is 19.3. The summed E-state index contributed by atoms with van der Waals surface area (Å²) in [5.74, 6) is 0. The van der Waals surface area contributed by atoms with Crippen LogP contribution in [-0.4, -0.2) is 0 Å². The average Bonchev–Trinajstić information content (AvgIpc) is 4.07. The summed E-state index contributed by atoms with van der Waals surface area (Å²) in [5.41, 5.74) is 19.8. The zero-order chi connectivity index (χ0) is 48.0. The zero-order valence-electron chi connectivity index (χ0n) is 40.5. The Hall–Kier alpha value is -8.86. The SMILES string of the molecule is CC1(C)c2cc3c(cc2-c2c1cc(N(c1ccccc1)c1cccc4c1oc1ccccc14)c1ccccc21)C(C)(C)c1ccc(N(c2ccccc2)c2cccc4c2oc2ccccc24)c2cccc-3c12. The van der Waals surface area contributed by atoms with Gasteiger partial charge in [0, 0.05) is 54.5 Å². The van der Waals surface area contributed by atoms with E-state index in [1.54, 1.807) is 0 Å². The van der Waals surface area contributed by atoms with Gasteiger partial charge < -0.3 is 18.6 Å². The lowest BCUT2D eigenvalue weighted by molar-refractivity contribution is 0.639. The second-order valence-electron chi connectivity index (χ2n) is 20.8. The van der Waals surface area contributed by atoms with Crippen LogP contribution in [0.2, 0.25) is 0 Å². The van der Waals surface area contributed by atoms with Gasteiger partial charge in [-0.3, -0.25) is 0 Å². The molecule has 13 aromatic rings. The van der Waals surface area contributed by atoms with Crippen molar-refractivity contribution in [2.24, 2.45) is 0 Å². The molecule has 11 aromatic carbocycles. The molecule has 2 heterocycles. The molecule has 0 saturated heterocycles. The highest BCUT2D eigenvalue weighted by atomic mass is 16.3. The van der Waals surface area contributed by atoms with Crippen LogP contribution < -0.4 is 9.80 Å². The second kappa shape index (κ2) is 14.8. The molecular formula is C68H48N2O2. The van der Waals surface area contributed by atoms with E-state index < -0.39 is 0 Å². The van der Waals surface area contributed by atoms with Gasteiger partial charge in [0.15, 0.2) is 11.2 Å². The molecule has 0 saturated carbocycles. The molecule has 0 aliphatic heterocycles. The van der Waals surface area contributed by atoms with Gasteiger partial charge in [0.2, 0.25) is 0 Å². The molecule has 2 aliphatic carbocycles. The van der Waals surface area contributed by atoms with Crippen LogP contribution in [0, 0.1) is 0 Å². The number of hydrogen-bond acceptors (Lipinski definition) is 4. The number of nitrogens with zero attached hydrogens (tertiary/aromatic N) is 2. The maximum atomic E-state index is 6.78. The number of anilines is 6. The van der Waals surface area contributed by atoms with Crippen molar-refractivity contribution in [3.05, 3.63) is 241 Å². The molecule has 2 aromatic heterocycles. The van der Waals surface area contributed by atoms with Crippen LogP contribution in [-0.2, 0) is 10.8 Å². The standard InChI is InChI=1S/C68H48N2O2/c1-67(2)53-36-37-57(69(41-20-7-5-8-21-41)58-32-18-29-48-44-25-13-15-34-61(44)71-65(48)58)50-31-17-28-47(63(50)53)51-38-55-52(39-54(51)67)64-46-27-12-11-24-43(46)60(40-56(64)68(55,3)4)70(42-22-9-6-10-23-42)59-33-19-30-49-45-26-14-16-35-62(45)72-66(49)59/h5-40H,1-4H3. The van der Waals surface area contributed by atoms with Crippen molar-refractivity contribution >= 4 is 99.5 Å². The van der Waals surface area contributed by atoms with Crippen molar-refractivity contribution < 1.29 is 8.83 Å². The fourth-order valence-corrected chi connectivity index (χ4v) is 12.8. The monoisotopic (exact) mass is 924 g/mol. The van der Waals surface area contributed by atoms with Gasteiger partial charge in [-0.15, -0.1) is 0 Å². The quantitative estimate of drug-likeness (QED) is 0.166. The third-order valence-electron chi connectivity index (χ3n) is 16.2. The van der Waals surface area contributed by atoms with Gasteiger partial charge in [-0.2, -0.15) is 0 Å². The first-order valence-electron chi connectivity index (χ1n) is 25.1. The van der Waals surface area contributed by atoms with E-state index in [1.807, 2.05) is 12.1 Å². The van der Waals surface area contributed by atoms with Crippen molar-refractivity contribution in [3.63, 3.8) is 0 Å². The first-order valence-corrected chi connectivity index (χ1v) is 25.1. The normalized spacial score (nSPS) is 14.1. The second-order valence-corrected chi connectivity index (χ2v) is 20.8. The molecule has 0 spiro atoms. The summed E-state index contributed by atoms with van der Waals surface area (Å²) >= 11 is 0. The predicted molar refractivity (Wildman–Crippen MR) is 301 cm³/mol. The van der Waals surface area contributed by atoms with Gasteiger partial charge >= 0.3 is 0 Å². The summed E-state index contributed by atoms with van der Waals surface area (Å²) in [4.78, 5) is 4.82. The molecule has 15 rings (SSSR count). The van der Waals surface area contributed by atoms with Gasteiger partial charge in [-0.1, -0.05) is 173 Å². The van der Waals surface area contributed by atoms with E-state index in [0.29, 0.717) is 0 Å². The third-order valence-corrected chi connectivity index (χ3v) is 16.2. The molecule has 2 aliphatic rings. The topological polar surface area (TPSA) is 32.8 Å². The van der Waals surface area contributed by atoms with E-state index in [1.165, 1.54) is 66.1 Å². The zero-order valence-corrected chi connectivity index (χ0v) is 40.5. The average molecular weight is 925 g/mol. The molecule has 4 nitrogen and oxygen atoms in total. The highest BCUT2D eigenvalue weighted by molar-refractivity contribution is 6.17. The molecule has 0 amide bonds. The molecule has 4 heteroatoms. The van der Waals surface area contributed by atoms with Gasteiger partial charge in [0.25, 0.3) is 0 Å². The maximum Gasteiger partial charge on any atom is 0.159 e. The fraction of sp³-hybridized carbons (Fsp3) is 0.0882. The van der Waals surface area contributed by atoms with Crippen molar-refractivity contribution in [1.82, 2.24) is 0 Å². The molecule has 0 N–H and O–H groups in total. The molecule has 0 radical (unpaired) electrons. The molecular weight excluding hydrogens is 877 g/mol. The first-order chi connectivity index (χ1) is 35.3. The van der Waals surface area contributed by atoms with Gasteiger partial charge in [0.1, 0.15) is 11.2 Å². The number of benzene rings is 11. The summed E-state index contributed by atoms with van der Waals surface area (Å²) in [5, 5.41) is 9.39. The van der Waals surface area contributed by atoms with Crippen molar-refractivity contribution in [2.45, 2.75) is 38.5 Å². The van der Waals surface area contributed by atoms with Crippen molar-refractivity contribution in [2.75, 3.05) is 9.80 Å². The summed E-state index contributed by atoms with van der Waals surface area (Å²) < 4.78 is 13.5. The minimum Gasteiger partial charge on any atom is -0.454 e. The minimum atomic E-state index is -0.332. The lowest BCUT2D eigenvalue weighted by atomic mass is 9.67. The lowest BCUT2D eigenvalue weighted by Crippen LogP contribution is -2.25. The highest BCUT2D eigenvalue weighted by Gasteiger charge is 2.42. The largest absolute Gasteiger partial charge is 0.454 e. The van der Waals surface area contributed by atoms with E-state index in [9.17, 15) is 0 Å². The summed E-state index contributed by atoms with van der Waals surface area (Å²) in [6.07, 6.45) is 0.